The van der Waals surface area contributed by atoms with Crippen molar-refractivity contribution in [3.63, 3.8) is 0 Å². The minimum absolute atomic E-state index is 0.0673. The number of amides is 2. The summed E-state index contributed by atoms with van der Waals surface area (Å²) in [5.41, 5.74) is 1.46. The van der Waals surface area contributed by atoms with Crippen LogP contribution in [-0.4, -0.2) is 29.3 Å². The molecule has 5 nitrogen and oxygen atoms in total. The Kier molecular flexibility index (Phi) is 5.16. The van der Waals surface area contributed by atoms with E-state index in [1.165, 1.54) is 4.90 Å². The number of hydrogen-bond donors (Lipinski definition) is 0. The number of fused-ring (bicyclic) bond motifs is 1. The monoisotopic (exact) mass is 351 g/mol. The summed E-state index contributed by atoms with van der Waals surface area (Å²) in [5, 5.41) is 0. The first-order chi connectivity index (χ1) is 12.5. The zero-order valence-corrected chi connectivity index (χ0v) is 14.8. The standard InChI is InChI=1S/C21H21NO4/c1-14(2)13-26-19(23)12-18(15-8-4-3-5-9-15)22-20(24)16-10-6-7-11-17(16)21(22)25/h3-11,14,18H,12-13H2,1-2H3/t18-/m1/s1. The van der Waals surface area contributed by atoms with E-state index in [1.807, 2.05) is 44.2 Å². The van der Waals surface area contributed by atoms with Crippen molar-refractivity contribution < 1.29 is 19.1 Å². The van der Waals surface area contributed by atoms with Crippen LogP contribution >= 0.6 is 0 Å². The molecule has 2 amide bonds. The highest BCUT2D eigenvalue weighted by Crippen LogP contribution is 2.33. The average molecular weight is 351 g/mol. The van der Waals surface area contributed by atoms with Crippen LogP contribution in [0.2, 0.25) is 0 Å². The van der Waals surface area contributed by atoms with Gasteiger partial charge in [0, 0.05) is 0 Å². The Labute approximate surface area is 152 Å². The first-order valence-corrected chi connectivity index (χ1v) is 8.66. The molecule has 26 heavy (non-hydrogen) atoms. The Balaban J connectivity index is 1.91. The Morgan fingerprint density at radius 2 is 1.46 bits per heavy atom. The fourth-order valence-electron chi connectivity index (χ4n) is 3.00. The van der Waals surface area contributed by atoms with Gasteiger partial charge in [-0.25, -0.2) is 0 Å². The smallest absolute Gasteiger partial charge is 0.308 e. The molecule has 1 heterocycles. The van der Waals surface area contributed by atoms with Crippen LogP contribution in [0.25, 0.3) is 0 Å². The van der Waals surface area contributed by atoms with E-state index in [9.17, 15) is 14.4 Å². The van der Waals surface area contributed by atoms with E-state index in [4.69, 9.17) is 4.74 Å². The first kappa shape index (κ1) is 17.9. The average Bonchev–Trinajstić information content (AvgIpc) is 2.90. The number of esters is 1. The second-order valence-electron chi connectivity index (χ2n) is 6.73. The van der Waals surface area contributed by atoms with Crippen molar-refractivity contribution in [2.75, 3.05) is 6.61 Å². The lowest BCUT2D eigenvalue weighted by Crippen LogP contribution is -2.35. The Hall–Kier alpha value is -2.95. The van der Waals surface area contributed by atoms with Gasteiger partial charge in [0.05, 0.1) is 30.2 Å². The van der Waals surface area contributed by atoms with Gasteiger partial charge in [0.15, 0.2) is 0 Å². The molecular weight excluding hydrogens is 330 g/mol. The zero-order valence-electron chi connectivity index (χ0n) is 14.8. The molecule has 0 unspecified atom stereocenters. The van der Waals surface area contributed by atoms with Crippen LogP contribution < -0.4 is 0 Å². The summed E-state index contributed by atoms with van der Waals surface area (Å²) in [7, 11) is 0. The largest absolute Gasteiger partial charge is 0.465 e. The Morgan fingerprint density at radius 1 is 0.923 bits per heavy atom. The number of hydrogen-bond acceptors (Lipinski definition) is 4. The van der Waals surface area contributed by atoms with E-state index >= 15 is 0 Å². The Bertz CT molecular complexity index is 794. The van der Waals surface area contributed by atoms with E-state index in [2.05, 4.69) is 0 Å². The van der Waals surface area contributed by atoms with Crippen LogP contribution in [0.15, 0.2) is 54.6 Å². The number of nitrogens with zero attached hydrogens (tertiary/aromatic N) is 1. The van der Waals surface area contributed by atoms with Gasteiger partial charge in [-0.05, 0) is 23.6 Å². The zero-order chi connectivity index (χ0) is 18.7. The predicted octanol–water partition coefficient (Wildman–Crippen LogP) is 3.61. The van der Waals surface area contributed by atoms with Gasteiger partial charge in [-0.2, -0.15) is 0 Å². The Morgan fingerprint density at radius 3 is 2.00 bits per heavy atom. The predicted molar refractivity (Wildman–Crippen MR) is 96.5 cm³/mol. The molecule has 1 aliphatic heterocycles. The van der Waals surface area contributed by atoms with Crippen molar-refractivity contribution in [1.29, 1.82) is 0 Å². The third-order valence-electron chi connectivity index (χ3n) is 4.26. The van der Waals surface area contributed by atoms with Crippen molar-refractivity contribution in [2.24, 2.45) is 5.92 Å². The third-order valence-corrected chi connectivity index (χ3v) is 4.26. The van der Waals surface area contributed by atoms with Crippen LogP contribution in [0.1, 0.15) is 52.6 Å². The van der Waals surface area contributed by atoms with Crippen LogP contribution in [0.5, 0.6) is 0 Å². The number of ether oxygens (including phenoxy) is 1. The second kappa shape index (κ2) is 7.52. The fourth-order valence-corrected chi connectivity index (χ4v) is 3.00. The molecular formula is C21H21NO4. The van der Waals surface area contributed by atoms with E-state index in [1.54, 1.807) is 24.3 Å². The molecule has 0 bridgehead atoms. The lowest BCUT2D eigenvalue weighted by Gasteiger charge is -2.26. The van der Waals surface area contributed by atoms with Gasteiger partial charge in [0.2, 0.25) is 0 Å². The second-order valence-corrected chi connectivity index (χ2v) is 6.73. The van der Waals surface area contributed by atoms with E-state index in [-0.39, 0.29) is 24.2 Å². The van der Waals surface area contributed by atoms with E-state index < -0.39 is 12.0 Å². The number of benzene rings is 2. The normalized spacial score (nSPS) is 14.5. The van der Waals surface area contributed by atoms with Crippen LogP contribution in [-0.2, 0) is 9.53 Å². The summed E-state index contributed by atoms with van der Waals surface area (Å²) in [4.78, 5) is 39.1. The van der Waals surface area contributed by atoms with Crippen molar-refractivity contribution in [3.8, 4) is 0 Å². The molecule has 2 aromatic carbocycles. The summed E-state index contributed by atoms with van der Waals surface area (Å²) in [6.07, 6.45) is -0.0673. The molecule has 0 N–H and O–H groups in total. The van der Waals surface area contributed by atoms with Gasteiger partial charge < -0.3 is 4.74 Å². The van der Waals surface area contributed by atoms with Crippen molar-refractivity contribution >= 4 is 17.8 Å². The van der Waals surface area contributed by atoms with Crippen molar-refractivity contribution in [2.45, 2.75) is 26.3 Å². The van der Waals surface area contributed by atoms with Gasteiger partial charge >= 0.3 is 5.97 Å². The van der Waals surface area contributed by atoms with E-state index in [0.29, 0.717) is 17.7 Å². The molecule has 1 aliphatic rings. The van der Waals surface area contributed by atoms with Crippen molar-refractivity contribution in [1.82, 2.24) is 4.90 Å². The van der Waals surface area contributed by atoms with Crippen LogP contribution in [0.3, 0.4) is 0 Å². The topological polar surface area (TPSA) is 63.7 Å². The summed E-state index contributed by atoms with van der Waals surface area (Å²) < 4.78 is 5.27. The molecule has 3 rings (SSSR count). The quantitative estimate of drug-likeness (QED) is 0.589. The first-order valence-electron chi connectivity index (χ1n) is 8.66. The lowest BCUT2D eigenvalue weighted by molar-refractivity contribution is -0.145. The molecule has 0 aliphatic carbocycles. The minimum atomic E-state index is -0.691. The number of imide groups is 1. The third kappa shape index (κ3) is 3.52. The highest BCUT2D eigenvalue weighted by atomic mass is 16.5. The van der Waals surface area contributed by atoms with Gasteiger partial charge in [-0.1, -0.05) is 56.3 Å². The summed E-state index contributed by atoms with van der Waals surface area (Å²) >= 11 is 0. The summed E-state index contributed by atoms with van der Waals surface area (Å²) in [5.74, 6) is -0.968. The van der Waals surface area contributed by atoms with Gasteiger partial charge in [-0.15, -0.1) is 0 Å². The maximum absolute atomic E-state index is 12.8. The van der Waals surface area contributed by atoms with Gasteiger partial charge in [-0.3, -0.25) is 19.3 Å². The maximum atomic E-state index is 12.8. The molecule has 2 aromatic rings. The lowest BCUT2D eigenvalue weighted by atomic mass is 10.0. The van der Waals surface area contributed by atoms with Crippen molar-refractivity contribution in [3.05, 3.63) is 71.3 Å². The summed E-state index contributed by atoms with van der Waals surface area (Å²) in [6, 6.07) is 15.1. The molecule has 5 heteroatoms. The van der Waals surface area contributed by atoms with Crippen LogP contribution in [0.4, 0.5) is 0 Å². The fraction of sp³-hybridized carbons (Fsp3) is 0.286. The maximum Gasteiger partial charge on any atom is 0.308 e. The number of rotatable bonds is 6. The van der Waals surface area contributed by atoms with Gasteiger partial charge in [0.25, 0.3) is 11.8 Å². The molecule has 0 aromatic heterocycles. The molecule has 0 saturated heterocycles. The molecule has 134 valence electrons. The summed E-state index contributed by atoms with van der Waals surface area (Å²) in [6.45, 7) is 4.21. The molecule has 0 radical (unpaired) electrons. The molecule has 0 saturated carbocycles. The minimum Gasteiger partial charge on any atom is -0.465 e. The number of carbonyl (C=O) groups excluding carboxylic acids is 3. The van der Waals surface area contributed by atoms with E-state index in [0.717, 1.165) is 5.56 Å². The highest BCUT2D eigenvalue weighted by Gasteiger charge is 2.41. The number of carbonyl (C=O) groups is 3. The molecule has 0 spiro atoms. The highest BCUT2D eigenvalue weighted by molar-refractivity contribution is 6.21. The van der Waals surface area contributed by atoms with Crippen LogP contribution in [0, 0.1) is 5.92 Å². The van der Waals surface area contributed by atoms with Gasteiger partial charge in [0.1, 0.15) is 0 Å². The molecule has 1 atom stereocenters. The SMILES string of the molecule is CC(C)COC(=O)C[C@H](c1ccccc1)N1C(=O)c2ccccc2C1=O. The molecule has 0 fully saturated rings.